The van der Waals surface area contributed by atoms with E-state index in [9.17, 15) is 9.18 Å². The van der Waals surface area contributed by atoms with Gasteiger partial charge in [-0.2, -0.15) is 0 Å². The second kappa shape index (κ2) is 3.80. The van der Waals surface area contributed by atoms with Crippen molar-refractivity contribution in [2.24, 2.45) is 0 Å². The fourth-order valence-electron chi connectivity index (χ4n) is 1.46. The molecule has 0 saturated carbocycles. The summed E-state index contributed by atoms with van der Waals surface area (Å²) < 4.78 is 13.5. The zero-order valence-corrected chi connectivity index (χ0v) is 8.25. The Hall–Kier alpha value is -1.72. The molecule has 80 valence electrons. The molecule has 2 N–H and O–H groups in total. The number of aromatic nitrogens is 2. The van der Waals surface area contributed by atoms with Gasteiger partial charge in [0.25, 0.3) is 0 Å². The largest absolute Gasteiger partial charge is 0.363 e. The third-order valence-electron chi connectivity index (χ3n) is 2.28. The highest BCUT2D eigenvalue weighted by Gasteiger charge is 2.22. The Balaban J connectivity index is 2.11. The first-order valence-electron chi connectivity index (χ1n) is 4.67. The van der Waals surface area contributed by atoms with Crippen LogP contribution in [0.1, 0.15) is 12.1 Å². The van der Waals surface area contributed by atoms with Crippen molar-refractivity contribution in [1.29, 1.82) is 0 Å². The molecule has 0 bridgehead atoms. The van der Waals surface area contributed by atoms with Crippen LogP contribution in [0.25, 0.3) is 0 Å². The minimum absolute atomic E-state index is 0.0290. The molecule has 1 fully saturated rings. The van der Waals surface area contributed by atoms with Gasteiger partial charge in [0.2, 0.25) is 5.91 Å². The van der Waals surface area contributed by atoms with Crippen LogP contribution in [-0.4, -0.2) is 28.5 Å². The maximum absolute atomic E-state index is 13.5. The Labute approximate surface area is 86.1 Å². The van der Waals surface area contributed by atoms with E-state index in [0.29, 0.717) is 18.7 Å². The molecule has 1 aromatic rings. The van der Waals surface area contributed by atoms with Crippen LogP contribution in [0, 0.1) is 12.7 Å². The van der Waals surface area contributed by atoms with Crippen molar-refractivity contribution in [1.82, 2.24) is 15.3 Å². The summed E-state index contributed by atoms with van der Waals surface area (Å²) in [6.45, 7) is 2.07. The third-order valence-corrected chi connectivity index (χ3v) is 2.28. The lowest BCUT2D eigenvalue weighted by molar-refractivity contribution is -0.119. The van der Waals surface area contributed by atoms with Crippen molar-refractivity contribution in [3.8, 4) is 0 Å². The van der Waals surface area contributed by atoms with Gasteiger partial charge in [-0.1, -0.05) is 0 Å². The number of anilines is 1. The van der Waals surface area contributed by atoms with Crippen molar-refractivity contribution in [3.05, 3.63) is 17.8 Å². The maximum Gasteiger partial charge on any atom is 0.222 e. The predicted octanol–water partition coefficient (Wildman–Crippen LogP) is 0.225. The van der Waals surface area contributed by atoms with E-state index in [1.54, 1.807) is 6.92 Å². The molecule has 0 spiro atoms. The third kappa shape index (κ3) is 2.03. The Morgan fingerprint density at radius 2 is 2.40 bits per heavy atom. The fraction of sp³-hybridized carbons (Fsp3) is 0.444. The minimum Gasteiger partial charge on any atom is -0.363 e. The average molecular weight is 210 g/mol. The SMILES string of the molecule is Cc1ncnc(NC2CNC(=O)C2)c1F. The summed E-state index contributed by atoms with van der Waals surface area (Å²) in [5.41, 5.74) is 0.296. The summed E-state index contributed by atoms with van der Waals surface area (Å²) in [7, 11) is 0. The lowest BCUT2D eigenvalue weighted by atomic mass is 10.2. The Morgan fingerprint density at radius 3 is 3.07 bits per heavy atom. The van der Waals surface area contributed by atoms with Gasteiger partial charge in [0.15, 0.2) is 11.6 Å². The number of hydrogen-bond donors (Lipinski definition) is 2. The lowest BCUT2D eigenvalue weighted by Gasteiger charge is -2.11. The molecule has 1 unspecified atom stereocenters. The summed E-state index contributed by atoms with van der Waals surface area (Å²) in [4.78, 5) is 18.4. The van der Waals surface area contributed by atoms with Gasteiger partial charge in [-0.15, -0.1) is 0 Å². The second-order valence-electron chi connectivity index (χ2n) is 3.47. The van der Waals surface area contributed by atoms with Crippen LogP contribution in [0.2, 0.25) is 0 Å². The van der Waals surface area contributed by atoms with E-state index in [1.165, 1.54) is 6.33 Å². The first kappa shape index (κ1) is 9.82. The Bertz CT molecular complexity index is 396. The van der Waals surface area contributed by atoms with Crippen LogP contribution in [0.15, 0.2) is 6.33 Å². The second-order valence-corrected chi connectivity index (χ2v) is 3.47. The molecule has 1 amide bonds. The number of aryl methyl sites for hydroxylation is 1. The van der Waals surface area contributed by atoms with Gasteiger partial charge in [0.05, 0.1) is 11.7 Å². The number of carbonyl (C=O) groups excluding carboxylic acids is 1. The van der Waals surface area contributed by atoms with Gasteiger partial charge >= 0.3 is 0 Å². The van der Waals surface area contributed by atoms with Crippen LogP contribution >= 0.6 is 0 Å². The van der Waals surface area contributed by atoms with Gasteiger partial charge in [0, 0.05) is 13.0 Å². The van der Waals surface area contributed by atoms with Crippen molar-refractivity contribution >= 4 is 11.7 Å². The highest BCUT2D eigenvalue weighted by Crippen LogP contribution is 2.14. The molecule has 2 rings (SSSR count). The molecule has 2 heterocycles. The van der Waals surface area contributed by atoms with Crippen molar-refractivity contribution in [2.45, 2.75) is 19.4 Å². The van der Waals surface area contributed by atoms with Crippen molar-refractivity contribution < 1.29 is 9.18 Å². The Morgan fingerprint density at radius 1 is 1.60 bits per heavy atom. The molecule has 1 atom stereocenters. The molecule has 0 aromatic carbocycles. The van der Waals surface area contributed by atoms with E-state index in [0.717, 1.165) is 0 Å². The van der Waals surface area contributed by atoms with Crippen LogP contribution in [0.4, 0.5) is 10.2 Å². The lowest BCUT2D eigenvalue weighted by Crippen LogP contribution is -2.23. The van der Waals surface area contributed by atoms with E-state index >= 15 is 0 Å². The van der Waals surface area contributed by atoms with Gasteiger partial charge in [-0.05, 0) is 6.92 Å². The summed E-state index contributed by atoms with van der Waals surface area (Å²) in [5, 5.41) is 5.53. The fourth-order valence-corrected chi connectivity index (χ4v) is 1.46. The molecule has 0 aliphatic carbocycles. The van der Waals surface area contributed by atoms with Crippen molar-refractivity contribution in [3.63, 3.8) is 0 Å². The number of rotatable bonds is 2. The summed E-state index contributed by atoms with van der Waals surface area (Å²) >= 11 is 0. The maximum atomic E-state index is 13.5. The van der Waals surface area contributed by atoms with Crippen LogP contribution < -0.4 is 10.6 Å². The van der Waals surface area contributed by atoms with Crippen LogP contribution in [0.3, 0.4) is 0 Å². The molecule has 1 aliphatic rings. The molecular formula is C9H11FN4O. The van der Waals surface area contributed by atoms with Gasteiger partial charge in [-0.3, -0.25) is 4.79 Å². The first-order valence-corrected chi connectivity index (χ1v) is 4.67. The number of carbonyl (C=O) groups is 1. The molecule has 0 radical (unpaired) electrons. The number of hydrogen-bond acceptors (Lipinski definition) is 4. The normalized spacial score (nSPS) is 20.1. The quantitative estimate of drug-likeness (QED) is 0.733. The molecule has 5 nitrogen and oxygen atoms in total. The molecule has 6 heteroatoms. The van der Waals surface area contributed by atoms with Gasteiger partial charge < -0.3 is 10.6 Å². The van der Waals surface area contributed by atoms with Crippen LogP contribution in [0.5, 0.6) is 0 Å². The summed E-state index contributed by atoms with van der Waals surface area (Å²) in [6.07, 6.45) is 1.65. The predicted molar refractivity (Wildman–Crippen MR) is 51.8 cm³/mol. The van der Waals surface area contributed by atoms with Crippen LogP contribution in [-0.2, 0) is 4.79 Å². The van der Waals surface area contributed by atoms with Crippen molar-refractivity contribution in [2.75, 3.05) is 11.9 Å². The molecular weight excluding hydrogens is 199 g/mol. The van der Waals surface area contributed by atoms with E-state index in [-0.39, 0.29) is 17.8 Å². The molecule has 15 heavy (non-hydrogen) atoms. The number of nitrogens with one attached hydrogen (secondary N) is 2. The number of halogens is 1. The van der Waals surface area contributed by atoms with E-state index in [1.807, 2.05) is 0 Å². The summed E-state index contributed by atoms with van der Waals surface area (Å²) in [5.74, 6) is -0.334. The molecule has 1 saturated heterocycles. The monoisotopic (exact) mass is 210 g/mol. The highest BCUT2D eigenvalue weighted by molar-refractivity contribution is 5.79. The van der Waals surface area contributed by atoms with Gasteiger partial charge in [0.1, 0.15) is 6.33 Å². The Kier molecular flexibility index (Phi) is 2.49. The first-order chi connectivity index (χ1) is 7.16. The number of amides is 1. The smallest absolute Gasteiger partial charge is 0.222 e. The van der Waals surface area contributed by atoms with E-state index in [2.05, 4.69) is 20.6 Å². The topological polar surface area (TPSA) is 66.9 Å². The highest BCUT2D eigenvalue weighted by atomic mass is 19.1. The summed E-state index contributed by atoms with van der Waals surface area (Å²) in [6, 6.07) is -0.0960. The standard InChI is InChI=1S/C9H11FN4O/c1-5-8(10)9(13-4-12-5)14-6-2-7(15)11-3-6/h4,6H,2-3H2,1H3,(H,11,15)(H,12,13,14). The number of nitrogens with zero attached hydrogens (tertiary/aromatic N) is 2. The van der Waals surface area contributed by atoms with E-state index in [4.69, 9.17) is 0 Å². The zero-order valence-electron chi connectivity index (χ0n) is 8.25. The average Bonchev–Trinajstić information content (AvgIpc) is 2.59. The zero-order chi connectivity index (χ0) is 10.8. The molecule has 1 aliphatic heterocycles. The van der Waals surface area contributed by atoms with Gasteiger partial charge in [-0.25, -0.2) is 14.4 Å². The minimum atomic E-state index is -0.461. The molecule has 1 aromatic heterocycles. The van der Waals surface area contributed by atoms with E-state index < -0.39 is 5.82 Å².